The first-order chi connectivity index (χ1) is 13.4. The van der Waals surface area contributed by atoms with E-state index in [2.05, 4.69) is 5.32 Å². The van der Waals surface area contributed by atoms with Gasteiger partial charge in [0.25, 0.3) is 5.91 Å². The highest BCUT2D eigenvalue weighted by Gasteiger charge is 2.33. The Morgan fingerprint density at radius 1 is 1.11 bits per heavy atom. The van der Waals surface area contributed by atoms with Gasteiger partial charge in [0.15, 0.2) is 0 Å². The number of likely N-dealkylation sites (tertiary alicyclic amines) is 1. The van der Waals surface area contributed by atoms with Crippen LogP contribution >= 0.6 is 34.8 Å². The van der Waals surface area contributed by atoms with E-state index >= 15 is 0 Å². The molecule has 0 saturated carbocycles. The molecule has 0 aromatic heterocycles. The first kappa shape index (κ1) is 21.0. The second-order valence-corrected chi connectivity index (χ2v) is 8.03. The molecule has 148 valence electrons. The fraction of sp³-hybridized carbons (Fsp3) is 0.333. The van der Waals surface area contributed by atoms with E-state index in [9.17, 15) is 9.59 Å². The average Bonchev–Trinajstić information content (AvgIpc) is 2.70. The molecule has 1 aliphatic heterocycles. The number of nitrogens with zero attached hydrogens (tertiary/aromatic N) is 1. The summed E-state index contributed by atoms with van der Waals surface area (Å²) in [5.74, 6) is 0.211. The molecular formula is C21H21Cl3N2O2. The minimum atomic E-state index is -0.146. The molecule has 2 unspecified atom stereocenters. The van der Waals surface area contributed by atoms with Gasteiger partial charge < -0.3 is 10.2 Å². The van der Waals surface area contributed by atoms with E-state index in [1.807, 2.05) is 24.3 Å². The number of carbonyl (C=O) groups excluding carboxylic acids is 2. The molecule has 0 spiro atoms. The van der Waals surface area contributed by atoms with Crippen LogP contribution in [0.4, 0.5) is 0 Å². The second-order valence-electron chi connectivity index (χ2n) is 6.94. The highest BCUT2D eigenvalue weighted by Crippen LogP contribution is 2.32. The largest absolute Gasteiger partial charge is 0.349 e. The lowest BCUT2D eigenvalue weighted by atomic mass is 9.85. The zero-order valence-corrected chi connectivity index (χ0v) is 17.7. The molecule has 0 bridgehead atoms. The van der Waals surface area contributed by atoms with Crippen molar-refractivity contribution in [1.82, 2.24) is 10.2 Å². The summed E-state index contributed by atoms with van der Waals surface area (Å²) in [6.45, 7) is 2.68. The van der Waals surface area contributed by atoms with Crippen LogP contribution in [0.15, 0.2) is 42.5 Å². The Kier molecular flexibility index (Phi) is 6.86. The van der Waals surface area contributed by atoms with Crippen LogP contribution in [0.3, 0.4) is 0 Å². The van der Waals surface area contributed by atoms with Crippen molar-refractivity contribution in [2.24, 2.45) is 0 Å². The molecule has 2 aromatic rings. The minimum absolute atomic E-state index is 0.0199. The summed E-state index contributed by atoms with van der Waals surface area (Å²) in [7, 11) is 0. The maximum atomic E-state index is 12.8. The minimum Gasteiger partial charge on any atom is -0.349 e. The van der Waals surface area contributed by atoms with Gasteiger partial charge in [-0.3, -0.25) is 9.59 Å². The van der Waals surface area contributed by atoms with Gasteiger partial charge in [0.05, 0.1) is 10.0 Å². The van der Waals surface area contributed by atoms with Crippen LogP contribution in [-0.4, -0.2) is 35.8 Å². The summed E-state index contributed by atoms with van der Waals surface area (Å²) in [5, 5.41) is 4.06. The highest BCUT2D eigenvalue weighted by molar-refractivity contribution is 6.42. The monoisotopic (exact) mass is 438 g/mol. The number of carbonyl (C=O) groups is 2. The molecule has 2 atom stereocenters. The summed E-state index contributed by atoms with van der Waals surface area (Å²) < 4.78 is 0. The van der Waals surface area contributed by atoms with Gasteiger partial charge in [0.2, 0.25) is 5.91 Å². The van der Waals surface area contributed by atoms with Crippen LogP contribution in [-0.2, 0) is 10.7 Å². The predicted octanol–water partition coefficient (Wildman–Crippen LogP) is 4.87. The molecule has 1 N–H and O–H groups in total. The van der Waals surface area contributed by atoms with Gasteiger partial charge in [-0.2, -0.15) is 0 Å². The maximum Gasteiger partial charge on any atom is 0.251 e. The van der Waals surface area contributed by atoms with Crippen LogP contribution in [0.5, 0.6) is 0 Å². The summed E-state index contributed by atoms with van der Waals surface area (Å²) in [5.41, 5.74) is 2.49. The van der Waals surface area contributed by atoms with Crippen molar-refractivity contribution in [3.05, 3.63) is 69.2 Å². The van der Waals surface area contributed by atoms with Gasteiger partial charge >= 0.3 is 0 Å². The second kappa shape index (κ2) is 9.17. The summed E-state index contributed by atoms with van der Waals surface area (Å²) in [6, 6.07) is 12.6. The highest BCUT2D eigenvalue weighted by atomic mass is 35.5. The topological polar surface area (TPSA) is 49.4 Å². The number of alkyl halides is 1. The molecule has 2 amide bonds. The number of amides is 2. The van der Waals surface area contributed by atoms with E-state index in [1.54, 1.807) is 30.0 Å². The van der Waals surface area contributed by atoms with E-state index < -0.39 is 0 Å². The summed E-state index contributed by atoms with van der Waals surface area (Å²) >= 11 is 18.1. The molecule has 28 heavy (non-hydrogen) atoms. The third kappa shape index (κ3) is 4.80. The Balaban J connectivity index is 1.82. The Hall–Kier alpha value is -1.75. The quantitative estimate of drug-likeness (QED) is 0.691. The fourth-order valence-electron chi connectivity index (χ4n) is 3.49. The smallest absolute Gasteiger partial charge is 0.251 e. The lowest BCUT2D eigenvalue weighted by Crippen LogP contribution is -2.50. The molecule has 1 heterocycles. The van der Waals surface area contributed by atoms with Crippen molar-refractivity contribution in [2.75, 3.05) is 13.1 Å². The standard InChI is InChI=1S/C21H21Cl3N2O2/c1-13(27)26-9-8-20(17(12-26)16-6-7-18(23)19(24)10-16)25-21(28)15-4-2-14(11-22)3-5-15/h2-7,10,17,20H,8-9,11-12H2,1H3,(H,25,28). The molecule has 0 radical (unpaired) electrons. The van der Waals surface area contributed by atoms with Gasteiger partial charge in [-0.15, -0.1) is 11.6 Å². The van der Waals surface area contributed by atoms with Gasteiger partial charge in [-0.1, -0.05) is 41.4 Å². The van der Waals surface area contributed by atoms with Crippen molar-refractivity contribution >= 4 is 46.6 Å². The zero-order chi connectivity index (χ0) is 20.3. The third-order valence-corrected chi connectivity index (χ3v) is 6.16. The number of piperidine rings is 1. The Morgan fingerprint density at radius 3 is 2.43 bits per heavy atom. The number of rotatable bonds is 4. The van der Waals surface area contributed by atoms with Crippen molar-refractivity contribution in [1.29, 1.82) is 0 Å². The van der Waals surface area contributed by atoms with Crippen LogP contribution in [0.25, 0.3) is 0 Å². The van der Waals surface area contributed by atoms with Gasteiger partial charge in [0.1, 0.15) is 0 Å². The van der Waals surface area contributed by atoms with Gasteiger partial charge in [-0.25, -0.2) is 0 Å². The lowest BCUT2D eigenvalue weighted by molar-refractivity contribution is -0.130. The zero-order valence-electron chi connectivity index (χ0n) is 15.4. The first-order valence-electron chi connectivity index (χ1n) is 9.05. The Labute approximate surface area is 179 Å². The summed E-state index contributed by atoms with van der Waals surface area (Å²) in [4.78, 5) is 26.4. The van der Waals surface area contributed by atoms with Crippen LogP contribution in [0.1, 0.15) is 40.7 Å². The van der Waals surface area contributed by atoms with Crippen molar-refractivity contribution in [3.63, 3.8) is 0 Å². The number of benzene rings is 2. The molecule has 4 nitrogen and oxygen atoms in total. The van der Waals surface area contributed by atoms with Crippen LogP contribution < -0.4 is 5.32 Å². The number of nitrogens with one attached hydrogen (secondary N) is 1. The molecule has 1 saturated heterocycles. The summed E-state index contributed by atoms with van der Waals surface area (Å²) in [6.07, 6.45) is 0.663. The molecule has 3 rings (SSSR count). The maximum absolute atomic E-state index is 12.8. The third-order valence-electron chi connectivity index (χ3n) is 5.12. The van der Waals surface area contributed by atoms with E-state index in [1.165, 1.54) is 0 Å². The SMILES string of the molecule is CC(=O)N1CCC(NC(=O)c2ccc(CCl)cc2)C(c2ccc(Cl)c(Cl)c2)C1. The van der Waals surface area contributed by atoms with Crippen LogP contribution in [0.2, 0.25) is 10.0 Å². The Morgan fingerprint density at radius 2 is 1.82 bits per heavy atom. The Bertz CT molecular complexity index is 870. The van der Waals surface area contributed by atoms with E-state index in [0.717, 1.165) is 11.1 Å². The molecule has 2 aromatic carbocycles. The number of hydrogen-bond donors (Lipinski definition) is 1. The fourth-order valence-corrected chi connectivity index (χ4v) is 3.97. The van der Waals surface area contributed by atoms with E-state index in [0.29, 0.717) is 41.0 Å². The molecule has 1 aliphatic rings. The molecular weight excluding hydrogens is 419 g/mol. The van der Waals surface area contributed by atoms with E-state index in [4.69, 9.17) is 34.8 Å². The predicted molar refractivity (Wildman–Crippen MR) is 113 cm³/mol. The molecule has 7 heteroatoms. The number of halogens is 3. The molecule has 1 fully saturated rings. The molecule has 0 aliphatic carbocycles. The van der Waals surface area contributed by atoms with Crippen molar-refractivity contribution in [2.45, 2.75) is 31.2 Å². The first-order valence-corrected chi connectivity index (χ1v) is 10.3. The van der Waals surface area contributed by atoms with Crippen LogP contribution in [0, 0.1) is 0 Å². The van der Waals surface area contributed by atoms with Crippen molar-refractivity contribution in [3.8, 4) is 0 Å². The van der Waals surface area contributed by atoms with E-state index in [-0.39, 0.29) is 23.8 Å². The number of hydrogen-bond acceptors (Lipinski definition) is 2. The van der Waals surface area contributed by atoms with Gasteiger partial charge in [-0.05, 0) is 41.8 Å². The lowest BCUT2D eigenvalue weighted by Gasteiger charge is -2.39. The van der Waals surface area contributed by atoms with Gasteiger partial charge in [0, 0.05) is 43.4 Å². The average molecular weight is 440 g/mol. The van der Waals surface area contributed by atoms with Crippen molar-refractivity contribution < 1.29 is 9.59 Å². The normalized spacial score (nSPS) is 19.4.